The van der Waals surface area contributed by atoms with Crippen LogP contribution >= 0.6 is 0 Å². The van der Waals surface area contributed by atoms with Crippen LogP contribution in [0.4, 0.5) is 0 Å². The summed E-state index contributed by atoms with van der Waals surface area (Å²) in [6.07, 6.45) is 9.63. The van der Waals surface area contributed by atoms with Gasteiger partial charge in [0.25, 0.3) is 0 Å². The minimum Gasteiger partial charge on any atom is -0.423 e. The quantitative estimate of drug-likeness (QED) is 0.818. The van der Waals surface area contributed by atoms with E-state index < -0.39 is 0 Å². The van der Waals surface area contributed by atoms with Crippen LogP contribution in [-0.4, -0.2) is 40.8 Å². The zero-order chi connectivity index (χ0) is 17.9. The smallest absolute Gasteiger partial charge is 0.238 e. The molecule has 0 spiro atoms. The summed E-state index contributed by atoms with van der Waals surface area (Å²) in [6.45, 7) is 4.57. The lowest BCUT2D eigenvalue weighted by Gasteiger charge is -2.38. The number of nitrogens with zero attached hydrogens (tertiary/aromatic N) is 3. The van der Waals surface area contributed by atoms with Gasteiger partial charge in [0.1, 0.15) is 6.04 Å². The van der Waals surface area contributed by atoms with Gasteiger partial charge in [0, 0.05) is 31.6 Å². The highest BCUT2D eigenvalue weighted by Crippen LogP contribution is 2.37. The second-order valence-electron chi connectivity index (χ2n) is 8.28. The third-order valence-corrected chi connectivity index (χ3v) is 6.53. The molecule has 3 aliphatic rings. The van der Waals surface area contributed by atoms with Crippen molar-refractivity contribution in [2.45, 2.75) is 76.7 Å². The number of rotatable bonds is 3. The number of hydrogen-bond acceptors (Lipinski definition) is 5. The molecular formula is C20H31N3O3. The van der Waals surface area contributed by atoms with E-state index in [1.54, 1.807) is 0 Å². The predicted molar refractivity (Wildman–Crippen MR) is 96.5 cm³/mol. The number of carbonyl (C=O) groups excluding carboxylic acids is 1. The van der Waals surface area contributed by atoms with Crippen LogP contribution in [0.3, 0.4) is 0 Å². The molecule has 1 aromatic rings. The Labute approximate surface area is 155 Å². The van der Waals surface area contributed by atoms with Crippen molar-refractivity contribution in [3.8, 4) is 0 Å². The summed E-state index contributed by atoms with van der Waals surface area (Å²) in [4.78, 5) is 15.3. The molecule has 3 unspecified atom stereocenters. The maximum atomic E-state index is 13.3. The molecule has 6 heteroatoms. The Bertz CT molecular complexity index is 611. The standard InChI is InChI=1S/C20H31N3O3/c1-14-6-2-3-7-16(14)20(24)23-11-5-4-8-17(23)19-22-21-18(26-19)15-9-12-25-13-10-15/h14-17H,2-13H2,1H3. The number of ether oxygens (including phenoxy) is 1. The van der Waals surface area contributed by atoms with Gasteiger partial charge in [0.2, 0.25) is 17.7 Å². The van der Waals surface area contributed by atoms with Crippen LogP contribution in [0.5, 0.6) is 0 Å². The molecule has 2 saturated heterocycles. The third-order valence-electron chi connectivity index (χ3n) is 6.53. The topological polar surface area (TPSA) is 68.5 Å². The van der Waals surface area contributed by atoms with Gasteiger partial charge in [-0.05, 0) is 50.9 Å². The Kier molecular flexibility index (Phi) is 5.57. The molecule has 6 nitrogen and oxygen atoms in total. The first-order valence-corrected chi connectivity index (χ1v) is 10.5. The first kappa shape index (κ1) is 18.0. The van der Waals surface area contributed by atoms with Gasteiger partial charge >= 0.3 is 0 Å². The van der Waals surface area contributed by atoms with Crippen molar-refractivity contribution >= 4 is 5.91 Å². The highest BCUT2D eigenvalue weighted by molar-refractivity contribution is 5.79. The van der Waals surface area contributed by atoms with Gasteiger partial charge in [-0.25, -0.2) is 0 Å². The molecule has 0 aromatic carbocycles. The molecule has 0 N–H and O–H groups in total. The van der Waals surface area contributed by atoms with Gasteiger partial charge in [-0.1, -0.05) is 19.8 Å². The van der Waals surface area contributed by atoms with E-state index in [1.807, 2.05) is 0 Å². The second kappa shape index (κ2) is 8.07. The van der Waals surface area contributed by atoms with Crippen LogP contribution in [-0.2, 0) is 9.53 Å². The first-order valence-electron chi connectivity index (χ1n) is 10.5. The summed E-state index contributed by atoms with van der Waals surface area (Å²) in [6, 6.07) is -0.0357. The van der Waals surface area contributed by atoms with Gasteiger partial charge in [0.05, 0.1) is 0 Å². The van der Waals surface area contributed by atoms with Crippen molar-refractivity contribution in [2.24, 2.45) is 11.8 Å². The third kappa shape index (κ3) is 3.66. The van der Waals surface area contributed by atoms with Gasteiger partial charge in [-0.15, -0.1) is 10.2 Å². The van der Waals surface area contributed by atoms with E-state index in [1.165, 1.54) is 19.3 Å². The summed E-state index contributed by atoms with van der Waals surface area (Å²) in [5, 5.41) is 8.69. The van der Waals surface area contributed by atoms with Gasteiger partial charge in [-0.2, -0.15) is 0 Å². The number of amides is 1. The van der Waals surface area contributed by atoms with Crippen LogP contribution in [0.2, 0.25) is 0 Å². The van der Waals surface area contributed by atoms with E-state index >= 15 is 0 Å². The predicted octanol–water partition coefficient (Wildman–Crippen LogP) is 3.84. The van der Waals surface area contributed by atoms with Crippen molar-refractivity contribution in [3.05, 3.63) is 11.8 Å². The molecule has 144 valence electrons. The highest BCUT2D eigenvalue weighted by atomic mass is 16.5. The van der Waals surface area contributed by atoms with E-state index in [0.29, 0.717) is 23.6 Å². The Hall–Kier alpha value is -1.43. The first-order chi connectivity index (χ1) is 12.7. The normalized spacial score (nSPS) is 31.1. The van der Waals surface area contributed by atoms with Crippen LogP contribution in [0.1, 0.15) is 88.5 Å². The maximum Gasteiger partial charge on any atom is 0.238 e. The van der Waals surface area contributed by atoms with Crippen LogP contribution in [0.25, 0.3) is 0 Å². The molecular weight excluding hydrogens is 330 g/mol. The average Bonchev–Trinajstić information content (AvgIpc) is 3.19. The highest BCUT2D eigenvalue weighted by Gasteiger charge is 2.38. The number of aromatic nitrogens is 2. The molecule has 3 atom stereocenters. The summed E-state index contributed by atoms with van der Waals surface area (Å²) in [5.41, 5.74) is 0. The fourth-order valence-corrected chi connectivity index (χ4v) is 4.84. The fourth-order valence-electron chi connectivity index (χ4n) is 4.84. The second-order valence-corrected chi connectivity index (χ2v) is 8.28. The van der Waals surface area contributed by atoms with E-state index in [4.69, 9.17) is 9.15 Å². The fraction of sp³-hybridized carbons (Fsp3) is 0.850. The monoisotopic (exact) mass is 361 g/mol. The van der Waals surface area contributed by atoms with E-state index in [9.17, 15) is 4.79 Å². The Morgan fingerprint density at radius 1 is 0.962 bits per heavy atom. The van der Waals surface area contributed by atoms with Crippen molar-refractivity contribution < 1.29 is 13.9 Å². The van der Waals surface area contributed by atoms with Crippen molar-refractivity contribution in [1.29, 1.82) is 0 Å². The lowest BCUT2D eigenvalue weighted by atomic mass is 9.79. The van der Waals surface area contributed by atoms with E-state index in [-0.39, 0.29) is 12.0 Å². The molecule has 2 aliphatic heterocycles. The molecule has 1 aromatic heterocycles. The Morgan fingerprint density at radius 2 is 1.69 bits per heavy atom. The minimum atomic E-state index is -0.0357. The van der Waals surface area contributed by atoms with Crippen LogP contribution < -0.4 is 0 Å². The average molecular weight is 361 g/mol. The van der Waals surface area contributed by atoms with Gasteiger partial charge < -0.3 is 14.1 Å². The Balaban J connectivity index is 1.50. The number of hydrogen-bond donors (Lipinski definition) is 0. The Morgan fingerprint density at radius 3 is 2.50 bits per heavy atom. The van der Waals surface area contributed by atoms with E-state index in [0.717, 1.165) is 64.2 Å². The largest absolute Gasteiger partial charge is 0.423 e. The number of piperidine rings is 1. The lowest BCUT2D eigenvalue weighted by Crippen LogP contribution is -2.44. The van der Waals surface area contributed by atoms with E-state index in [2.05, 4.69) is 22.0 Å². The lowest BCUT2D eigenvalue weighted by molar-refractivity contribution is -0.143. The molecule has 1 aliphatic carbocycles. The van der Waals surface area contributed by atoms with Gasteiger partial charge in [-0.3, -0.25) is 4.79 Å². The molecule has 0 radical (unpaired) electrons. The van der Waals surface area contributed by atoms with Crippen molar-refractivity contribution in [3.63, 3.8) is 0 Å². The molecule has 3 heterocycles. The van der Waals surface area contributed by atoms with Crippen LogP contribution in [0.15, 0.2) is 4.42 Å². The molecule has 3 fully saturated rings. The molecule has 26 heavy (non-hydrogen) atoms. The maximum absolute atomic E-state index is 13.3. The zero-order valence-electron chi connectivity index (χ0n) is 15.9. The van der Waals surface area contributed by atoms with Crippen molar-refractivity contribution in [1.82, 2.24) is 15.1 Å². The van der Waals surface area contributed by atoms with Crippen LogP contribution in [0, 0.1) is 11.8 Å². The van der Waals surface area contributed by atoms with Crippen molar-refractivity contribution in [2.75, 3.05) is 19.8 Å². The molecule has 4 rings (SSSR count). The SMILES string of the molecule is CC1CCCCC1C(=O)N1CCCCC1c1nnc(C2CCOCC2)o1. The van der Waals surface area contributed by atoms with Gasteiger partial charge in [0.15, 0.2) is 0 Å². The summed E-state index contributed by atoms with van der Waals surface area (Å²) in [5.74, 6) is 2.64. The summed E-state index contributed by atoms with van der Waals surface area (Å²) in [7, 11) is 0. The molecule has 0 bridgehead atoms. The molecule has 1 saturated carbocycles. The minimum absolute atomic E-state index is 0.0357. The summed E-state index contributed by atoms with van der Waals surface area (Å²) >= 11 is 0. The summed E-state index contributed by atoms with van der Waals surface area (Å²) < 4.78 is 11.5. The molecule has 1 amide bonds. The zero-order valence-corrected chi connectivity index (χ0v) is 15.9. The number of likely N-dealkylation sites (tertiary alicyclic amines) is 1. The number of carbonyl (C=O) groups is 1.